The van der Waals surface area contributed by atoms with Crippen LogP contribution in [0.25, 0.3) is 0 Å². The van der Waals surface area contributed by atoms with Crippen molar-refractivity contribution in [2.45, 2.75) is 37.6 Å². The van der Waals surface area contributed by atoms with E-state index in [0.29, 0.717) is 12.2 Å². The molecule has 28 heavy (non-hydrogen) atoms. The Kier molecular flexibility index (Phi) is 8.56. The van der Waals surface area contributed by atoms with E-state index in [9.17, 15) is 13.2 Å². The largest absolute Gasteiger partial charge is 0.573 e. The molecule has 0 aromatic heterocycles. The number of alkyl halides is 3. The van der Waals surface area contributed by atoms with E-state index in [1.165, 1.54) is 37.1 Å². The van der Waals surface area contributed by atoms with Gasteiger partial charge in [0.15, 0.2) is 5.96 Å². The molecule has 2 fully saturated rings. The summed E-state index contributed by atoms with van der Waals surface area (Å²) in [6.45, 7) is 2.83. The molecule has 1 aliphatic heterocycles. The Morgan fingerprint density at radius 2 is 1.79 bits per heavy atom. The van der Waals surface area contributed by atoms with Crippen molar-refractivity contribution in [1.82, 2.24) is 4.90 Å². The molecule has 3 N–H and O–H groups in total. The predicted octanol–water partition coefficient (Wildman–Crippen LogP) is 4.29. The first-order chi connectivity index (χ1) is 12.9. The first-order valence-electron chi connectivity index (χ1n) is 9.12. The van der Waals surface area contributed by atoms with Gasteiger partial charge in [-0.3, -0.25) is 9.89 Å². The van der Waals surface area contributed by atoms with Crippen molar-refractivity contribution >= 4 is 47.4 Å². The van der Waals surface area contributed by atoms with Gasteiger partial charge in [-0.25, -0.2) is 0 Å². The molecule has 1 aromatic rings. The zero-order chi connectivity index (χ0) is 19.3. The monoisotopic (exact) mass is 530 g/mol. The Morgan fingerprint density at radius 1 is 1.18 bits per heavy atom. The molecule has 2 aliphatic rings. The van der Waals surface area contributed by atoms with Crippen molar-refractivity contribution < 1.29 is 17.9 Å². The molecule has 1 aliphatic carbocycles. The third-order valence-electron chi connectivity index (χ3n) is 5.12. The molecule has 1 aromatic carbocycles. The lowest BCUT2D eigenvalue weighted by molar-refractivity contribution is -0.274. The van der Waals surface area contributed by atoms with Gasteiger partial charge in [-0.2, -0.15) is 11.8 Å². The molecule has 0 bridgehead atoms. The lowest BCUT2D eigenvalue weighted by atomic mass is 9.95. The van der Waals surface area contributed by atoms with E-state index in [4.69, 9.17) is 5.73 Å². The summed E-state index contributed by atoms with van der Waals surface area (Å²) >= 11 is 1.99. The van der Waals surface area contributed by atoms with Crippen LogP contribution < -0.4 is 15.8 Å². The van der Waals surface area contributed by atoms with Crippen LogP contribution in [0.3, 0.4) is 0 Å². The summed E-state index contributed by atoms with van der Waals surface area (Å²) < 4.78 is 40.5. The summed E-state index contributed by atoms with van der Waals surface area (Å²) in [6.07, 6.45) is 0.00810. The van der Waals surface area contributed by atoms with Crippen LogP contribution in [-0.2, 0) is 0 Å². The van der Waals surface area contributed by atoms with Gasteiger partial charge in [0.25, 0.3) is 0 Å². The van der Waals surface area contributed by atoms with Gasteiger partial charge in [0.2, 0.25) is 0 Å². The number of ether oxygens (including phenoxy) is 1. The topological polar surface area (TPSA) is 62.9 Å². The summed E-state index contributed by atoms with van der Waals surface area (Å²) in [7, 11) is 0. The number of guanidine groups is 1. The normalized spacial score (nSPS) is 20.5. The molecule has 0 radical (unpaired) electrons. The van der Waals surface area contributed by atoms with Crippen molar-refractivity contribution in [2.24, 2.45) is 10.7 Å². The highest BCUT2D eigenvalue weighted by molar-refractivity contribution is 14.0. The molecule has 158 valence electrons. The molecule has 0 amide bonds. The average Bonchev–Trinajstić information content (AvgIpc) is 3.12. The number of thioether (sulfide) groups is 1. The number of hydrogen-bond acceptors (Lipinski definition) is 4. The van der Waals surface area contributed by atoms with Crippen molar-refractivity contribution in [3.8, 4) is 5.75 Å². The van der Waals surface area contributed by atoms with E-state index in [-0.39, 0.29) is 41.2 Å². The fraction of sp³-hybridized carbons (Fsp3) is 0.611. The third-order valence-corrected chi connectivity index (χ3v) is 6.06. The predicted molar refractivity (Wildman–Crippen MR) is 119 cm³/mol. The Labute approximate surface area is 184 Å². The van der Waals surface area contributed by atoms with E-state index in [2.05, 4.69) is 19.9 Å². The van der Waals surface area contributed by atoms with Crippen LogP contribution in [0.1, 0.15) is 25.7 Å². The number of aliphatic imine (C=N–C) groups is 1. The molecule has 0 unspecified atom stereocenters. The van der Waals surface area contributed by atoms with Crippen molar-refractivity contribution in [1.29, 1.82) is 0 Å². The van der Waals surface area contributed by atoms with Crippen LogP contribution in [-0.4, -0.2) is 53.9 Å². The van der Waals surface area contributed by atoms with Gasteiger partial charge in [0.05, 0.1) is 6.54 Å². The fourth-order valence-corrected chi connectivity index (χ4v) is 4.71. The Balaban J connectivity index is 0.00000280. The number of halogens is 4. The van der Waals surface area contributed by atoms with Crippen LogP contribution in [0.2, 0.25) is 0 Å². The maximum atomic E-state index is 12.2. The first-order valence-corrected chi connectivity index (χ1v) is 10.3. The molecule has 3 rings (SSSR count). The highest BCUT2D eigenvalue weighted by Gasteiger charge is 2.39. The Hall–Kier alpha value is -0.880. The van der Waals surface area contributed by atoms with E-state index in [1.807, 2.05) is 11.8 Å². The first kappa shape index (κ1) is 23.4. The van der Waals surface area contributed by atoms with E-state index < -0.39 is 6.36 Å². The number of hydrogen-bond donors (Lipinski definition) is 2. The second-order valence-electron chi connectivity index (χ2n) is 6.93. The van der Waals surface area contributed by atoms with Gasteiger partial charge in [-0.05, 0) is 37.1 Å². The number of anilines is 1. The smallest absolute Gasteiger partial charge is 0.406 e. The van der Waals surface area contributed by atoms with Gasteiger partial charge in [0, 0.05) is 35.8 Å². The van der Waals surface area contributed by atoms with E-state index in [0.717, 1.165) is 37.4 Å². The molecule has 1 saturated heterocycles. The fourth-order valence-electron chi connectivity index (χ4n) is 3.80. The second kappa shape index (κ2) is 10.2. The number of nitrogens with one attached hydrogen (secondary N) is 1. The molecular weight excluding hydrogens is 504 g/mol. The molecule has 1 heterocycles. The number of rotatable bonds is 5. The zero-order valence-electron chi connectivity index (χ0n) is 15.5. The number of benzene rings is 1. The van der Waals surface area contributed by atoms with Crippen LogP contribution in [0.4, 0.5) is 18.9 Å². The zero-order valence-corrected chi connectivity index (χ0v) is 18.7. The minimum absolute atomic E-state index is 0. The minimum Gasteiger partial charge on any atom is -0.406 e. The SMILES string of the molecule is I.NC(=NCC1(N2CCSCC2)CCCC1)Nc1ccc(OC(F)(F)F)cc1. The third kappa shape index (κ3) is 6.58. The van der Waals surface area contributed by atoms with Gasteiger partial charge in [-0.1, -0.05) is 12.8 Å². The van der Waals surface area contributed by atoms with E-state index >= 15 is 0 Å². The van der Waals surface area contributed by atoms with Crippen LogP contribution in [0, 0.1) is 0 Å². The summed E-state index contributed by atoms with van der Waals surface area (Å²) in [5, 5.41) is 2.94. The van der Waals surface area contributed by atoms with Crippen LogP contribution in [0.5, 0.6) is 5.75 Å². The maximum Gasteiger partial charge on any atom is 0.573 e. The highest BCUT2D eigenvalue weighted by atomic mass is 127. The Morgan fingerprint density at radius 3 is 2.36 bits per heavy atom. The van der Waals surface area contributed by atoms with Crippen molar-refractivity contribution in [2.75, 3.05) is 36.5 Å². The molecule has 10 heteroatoms. The van der Waals surface area contributed by atoms with Gasteiger partial charge < -0.3 is 15.8 Å². The summed E-state index contributed by atoms with van der Waals surface area (Å²) in [6, 6.07) is 5.45. The average molecular weight is 530 g/mol. The lowest BCUT2D eigenvalue weighted by Crippen LogP contribution is -2.52. The quantitative estimate of drug-likeness (QED) is 0.338. The molecular formula is C18H26F3IN4OS. The Bertz CT molecular complexity index is 645. The molecule has 5 nitrogen and oxygen atoms in total. The van der Waals surface area contributed by atoms with Crippen molar-refractivity contribution in [3.05, 3.63) is 24.3 Å². The summed E-state index contributed by atoms with van der Waals surface area (Å²) in [5.41, 5.74) is 6.68. The lowest BCUT2D eigenvalue weighted by Gasteiger charge is -2.42. The standard InChI is InChI=1S/C18H25F3N4OS.HI/c19-18(20,21)26-15-5-3-14(4-6-15)24-16(22)23-13-17(7-1-2-8-17)25-9-11-27-12-10-25;/h3-6H,1-2,7-13H2,(H3,22,23,24);1H. The molecule has 0 spiro atoms. The van der Waals surface area contributed by atoms with E-state index in [1.54, 1.807) is 0 Å². The van der Waals surface area contributed by atoms with Gasteiger partial charge in [-0.15, -0.1) is 37.1 Å². The number of nitrogens with two attached hydrogens (primary N) is 1. The van der Waals surface area contributed by atoms with Gasteiger partial charge in [0.1, 0.15) is 5.75 Å². The number of nitrogens with zero attached hydrogens (tertiary/aromatic N) is 2. The summed E-state index contributed by atoms with van der Waals surface area (Å²) in [4.78, 5) is 7.12. The van der Waals surface area contributed by atoms with Crippen LogP contribution >= 0.6 is 35.7 Å². The van der Waals surface area contributed by atoms with Crippen molar-refractivity contribution in [3.63, 3.8) is 0 Å². The molecule has 0 atom stereocenters. The summed E-state index contributed by atoms with van der Waals surface area (Å²) in [5.74, 6) is 2.32. The van der Waals surface area contributed by atoms with Crippen LogP contribution in [0.15, 0.2) is 29.3 Å². The van der Waals surface area contributed by atoms with Gasteiger partial charge >= 0.3 is 6.36 Å². The second-order valence-corrected chi connectivity index (χ2v) is 8.15. The highest BCUT2D eigenvalue weighted by Crippen LogP contribution is 2.37. The minimum atomic E-state index is -4.70. The maximum absolute atomic E-state index is 12.2. The molecule has 1 saturated carbocycles.